The zero-order valence-corrected chi connectivity index (χ0v) is 21.2. The van der Waals surface area contributed by atoms with E-state index in [9.17, 15) is 0 Å². The van der Waals surface area contributed by atoms with Gasteiger partial charge in [0.15, 0.2) is 0 Å². The molecule has 0 spiro atoms. The summed E-state index contributed by atoms with van der Waals surface area (Å²) in [7, 11) is 0. The van der Waals surface area contributed by atoms with E-state index in [1.54, 1.807) is 6.08 Å². The second kappa shape index (κ2) is 8.69. The largest absolute Gasteiger partial charge is 2.00 e. The maximum atomic E-state index is 4.91. The van der Waals surface area contributed by atoms with Crippen molar-refractivity contribution in [2.24, 2.45) is 15.4 Å². The first-order chi connectivity index (χ1) is 13.8. The topological polar surface area (TPSA) is 52.9 Å². The number of hydrogen-bond donors (Lipinski definition) is 0. The van der Waals surface area contributed by atoms with Gasteiger partial charge in [-0.2, -0.15) is 0 Å². The van der Waals surface area contributed by atoms with Crippen LogP contribution in [0.3, 0.4) is 0 Å². The molecule has 4 rings (SSSR count). The number of hydrogen-bond acceptors (Lipinski definition) is 2. The molecule has 0 bridgehead atoms. The molecule has 0 aromatic carbocycles. The third-order valence-electron chi connectivity index (χ3n) is 5.43. The zero-order valence-electron chi connectivity index (χ0n) is 18.2. The van der Waals surface area contributed by atoms with Gasteiger partial charge in [0.2, 0.25) is 0 Å². The first-order valence-electron chi connectivity index (χ1n) is 9.95. The Morgan fingerprint density at radius 3 is 2.57 bits per heavy atom. The summed E-state index contributed by atoms with van der Waals surface area (Å²) in [5.41, 5.74) is 9.21. The molecule has 3 aliphatic heterocycles. The number of aliphatic imine (C=N–C) groups is 2. The molecular weight excluding hydrogens is 422 g/mol. The van der Waals surface area contributed by atoms with Crippen LogP contribution >= 0.6 is 0 Å². The Morgan fingerprint density at radius 2 is 1.90 bits per heavy atom. The Labute approximate surface area is 191 Å². The Kier molecular flexibility index (Phi) is 6.42. The zero-order chi connectivity index (χ0) is 20.6. The molecule has 0 atom stereocenters. The molecular formula is C25H26N4Zn. The van der Waals surface area contributed by atoms with E-state index in [2.05, 4.69) is 68.9 Å². The van der Waals surface area contributed by atoms with Gasteiger partial charge in [0.25, 0.3) is 0 Å². The summed E-state index contributed by atoms with van der Waals surface area (Å²) in [6.45, 7) is 13.2. The standard InChI is InChI=1S/C25H26N4.Zn/c1-6-18-7-8-19(27-18)12-23-17(3)11-20(28-23)14-24-25(4,5)15-21(29-24)13-22-16(2)9-10-26-22;/h6-9,11-14H,1,10,15H2,2-5H3;/q-2;+2/b19-12-,22-13-,24-14-;. The van der Waals surface area contributed by atoms with Crippen molar-refractivity contribution in [2.75, 3.05) is 6.54 Å². The summed E-state index contributed by atoms with van der Waals surface area (Å²) in [4.78, 5) is 14.2. The van der Waals surface area contributed by atoms with Crippen molar-refractivity contribution in [1.82, 2.24) is 4.98 Å². The fourth-order valence-electron chi connectivity index (χ4n) is 3.67. The van der Waals surface area contributed by atoms with Crippen molar-refractivity contribution >= 4 is 23.6 Å². The number of nitrogens with zero attached hydrogens (tertiary/aromatic N) is 4. The normalized spacial score (nSPS) is 23.5. The first kappa shape index (κ1) is 22.2. The van der Waals surface area contributed by atoms with E-state index >= 15 is 0 Å². The predicted octanol–water partition coefficient (Wildman–Crippen LogP) is 5.92. The Balaban J connectivity index is 0.00000256. The van der Waals surface area contributed by atoms with Crippen LogP contribution in [0.5, 0.6) is 0 Å². The monoisotopic (exact) mass is 446 g/mol. The molecule has 1 aromatic heterocycles. The fraction of sp³-hybridized carbons (Fsp3) is 0.280. The fourth-order valence-corrected chi connectivity index (χ4v) is 3.67. The average molecular weight is 448 g/mol. The van der Waals surface area contributed by atoms with Crippen LogP contribution in [0.4, 0.5) is 0 Å². The van der Waals surface area contributed by atoms with Crippen molar-refractivity contribution in [3.05, 3.63) is 88.0 Å². The van der Waals surface area contributed by atoms with E-state index < -0.39 is 0 Å². The van der Waals surface area contributed by atoms with Crippen LogP contribution in [0.2, 0.25) is 0 Å². The van der Waals surface area contributed by atoms with Crippen LogP contribution in [0.1, 0.15) is 44.1 Å². The maximum Gasteiger partial charge on any atom is 2.00 e. The molecule has 30 heavy (non-hydrogen) atoms. The van der Waals surface area contributed by atoms with Gasteiger partial charge in [-0.1, -0.05) is 55.9 Å². The van der Waals surface area contributed by atoms with Crippen LogP contribution in [0, 0.1) is 12.3 Å². The van der Waals surface area contributed by atoms with E-state index in [-0.39, 0.29) is 24.9 Å². The minimum Gasteiger partial charge on any atom is -0.681 e. The molecule has 3 aliphatic rings. The summed E-state index contributed by atoms with van der Waals surface area (Å²) in [6.07, 6.45) is 15.0. The molecule has 148 valence electrons. The van der Waals surface area contributed by atoms with Crippen molar-refractivity contribution in [3.8, 4) is 0 Å². The van der Waals surface area contributed by atoms with Gasteiger partial charge in [0, 0.05) is 23.2 Å². The van der Waals surface area contributed by atoms with Gasteiger partial charge in [0.05, 0.1) is 11.4 Å². The number of aromatic nitrogens is 1. The maximum absolute atomic E-state index is 4.91. The van der Waals surface area contributed by atoms with Crippen molar-refractivity contribution in [1.29, 1.82) is 0 Å². The average Bonchev–Trinajstić information content (AvgIpc) is 3.41. The molecule has 4 heterocycles. The van der Waals surface area contributed by atoms with E-state index in [0.717, 1.165) is 58.4 Å². The summed E-state index contributed by atoms with van der Waals surface area (Å²) in [5, 5.41) is 4.54. The molecule has 5 heteroatoms. The third-order valence-corrected chi connectivity index (χ3v) is 5.43. The van der Waals surface area contributed by atoms with E-state index in [1.807, 2.05) is 18.2 Å². The van der Waals surface area contributed by atoms with Gasteiger partial charge in [-0.05, 0) is 32.1 Å². The molecule has 1 aromatic rings. The van der Waals surface area contributed by atoms with Crippen LogP contribution < -0.4 is 4.98 Å². The minimum absolute atomic E-state index is 0. The summed E-state index contributed by atoms with van der Waals surface area (Å²) in [6, 6.07) is 2.11. The predicted molar refractivity (Wildman–Crippen MR) is 123 cm³/mol. The number of aryl methyl sites for hydroxylation is 1. The van der Waals surface area contributed by atoms with Crippen molar-refractivity contribution in [3.63, 3.8) is 0 Å². The molecule has 0 amide bonds. The van der Waals surface area contributed by atoms with E-state index in [4.69, 9.17) is 9.98 Å². The molecule has 0 unspecified atom stereocenters. The van der Waals surface area contributed by atoms with Gasteiger partial charge in [-0.3, -0.25) is 4.99 Å². The van der Waals surface area contributed by atoms with E-state index in [1.165, 1.54) is 5.57 Å². The Hall–Kier alpha value is -2.52. The van der Waals surface area contributed by atoms with Crippen LogP contribution in [-0.4, -0.2) is 18.0 Å². The molecule has 4 nitrogen and oxygen atoms in total. The van der Waals surface area contributed by atoms with Crippen molar-refractivity contribution in [2.45, 2.75) is 34.1 Å². The smallest absolute Gasteiger partial charge is 0.681 e. The number of rotatable bonds is 4. The van der Waals surface area contributed by atoms with Gasteiger partial charge in [-0.15, -0.1) is 29.7 Å². The van der Waals surface area contributed by atoms with Crippen molar-refractivity contribution < 1.29 is 19.5 Å². The quantitative estimate of drug-likeness (QED) is 0.529. The molecule has 0 N–H and O–H groups in total. The molecule has 0 aliphatic carbocycles. The summed E-state index contributed by atoms with van der Waals surface area (Å²) >= 11 is 0. The SMILES string of the molecule is C=CC1=N/C(=C\c2[n-]c(/C=C3N=C(/C=C4\[N-]CC=C4C)CC\3(C)C)cc2C)C=C1.[Zn+2]. The van der Waals surface area contributed by atoms with Gasteiger partial charge in [0.1, 0.15) is 0 Å². The number of allylic oxidation sites excluding steroid dienone is 6. The van der Waals surface area contributed by atoms with Crippen LogP contribution in [0.15, 0.2) is 75.7 Å². The minimum atomic E-state index is -0.0224. The Bertz CT molecular complexity index is 1080. The van der Waals surface area contributed by atoms with Crippen LogP contribution in [0.25, 0.3) is 17.5 Å². The van der Waals surface area contributed by atoms with E-state index in [0.29, 0.717) is 0 Å². The molecule has 0 saturated heterocycles. The van der Waals surface area contributed by atoms with Crippen LogP contribution in [-0.2, 0) is 19.5 Å². The third kappa shape index (κ3) is 4.62. The molecule has 0 fully saturated rings. The molecule has 0 radical (unpaired) electrons. The summed E-state index contributed by atoms with van der Waals surface area (Å²) in [5.74, 6) is 0. The second-order valence-corrected chi connectivity index (χ2v) is 8.34. The summed E-state index contributed by atoms with van der Waals surface area (Å²) < 4.78 is 0. The second-order valence-electron chi connectivity index (χ2n) is 8.34. The molecule has 0 saturated carbocycles. The Morgan fingerprint density at radius 1 is 1.10 bits per heavy atom. The van der Waals surface area contributed by atoms with Gasteiger partial charge in [-0.25, -0.2) is 4.99 Å². The van der Waals surface area contributed by atoms with Gasteiger partial charge >= 0.3 is 19.5 Å². The van der Waals surface area contributed by atoms with Gasteiger partial charge < -0.3 is 10.3 Å². The first-order valence-corrected chi connectivity index (χ1v) is 9.95.